The van der Waals surface area contributed by atoms with E-state index >= 15 is 0 Å². The molecular weight excluding hydrogens is 344 g/mol. The van der Waals surface area contributed by atoms with Crippen molar-refractivity contribution in [2.75, 3.05) is 6.54 Å². The van der Waals surface area contributed by atoms with Crippen LogP contribution in [0.15, 0.2) is 54.7 Å². The highest BCUT2D eigenvalue weighted by molar-refractivity contribution is 6.03. The summed E-state index contributed by atoms with van der Waals surface area (Å²) in [6.07, 6.45) is 1.44. The Hall–Kier alpha value is -3.72. The minimum Gasteiger partial charge on any atom is -0.478 e. The molecule has 0 unspecified atom stereocenters. The number of amides is 1. The first-order chi connectivity index (χ1) is 13.1. The lowest BCUT2D eigenvalue weighted by atomic mass is 10.1. The molecule has 0 saturated carbocycles. The van der Waals surface area contributed by atoms with Crippen LogP contribution in [-0.4, -0.2) is 28.7 Å². The first-order valence-corrected chi connectivity index (χ1v) is 8.41. The van der Waals surface area contributed by atoms with Gasteiger partial charge < -0.3 is 20.1 Å². The van der Waals surface area contributed by atoms with Gasteiger partial charge in [-0.2, -0.15) is 0 Å². The molecule has 3 aromatic rings. The van der Waals surface area contributed by atoms with Gasteiger partial charge in [-0.05, 0) is 23.8 Å². The number of aromatic nitrogens is 1. The van der Waals surface area contributed by atoms with Gasteiger partial charge >= 0.3 is 12.1 Å². The van der Waals surface area contributed by atoms with E-state index < -0.39 is 12.1 Å². The first kappa shape index (κ1) is 18.1. The third-order valence-electron chi connectivity index (χ3n) is 3.88. The Morgan fingerprint density at radius 3 is 2.74 bits per heavy atom. The normalized spacial score (nSPS) is 10.1. The minimum atomic E-state index is -0.982. The van der Waals surface area contributed by atoms with Gasteiger partial charge in [-0.25, -0.2) is 9.59 Å². The number of benzene rings is 2. The highest BCUT2D eigenvalue weighted by atomic mass is 16.5. The van der Waals surface area contributed by atoms with Gasteiger partial charge in [-0.3, -0.25) is 0 Å². The van der Waals surface area contributed by atoms with E-state index in [9.17, 15) is 9.59 Å². The van der Waals surface area contributed by atoms with Crippen LogP contribution in [-0.2, 0) is 11.3 Å². The smallest absolute Gasteiger partial charge is 0.407 e. The standard InChI is InChI=1S/C21H18N2O4/c24-20(25)18-13-23-19-10-9-15(12-17(18)19)6-4-5-11-22-21(26)27-14-16-7-2-1-3-8-16/h1-3,7-10,12-13,23H,5,11,14H2,(H,22,26)(H,24,25). The van der Waals surface area contributed by atoms with Crippen LogP contribution < -0.4 is 5.32 Å². The van der Waals surface area contributed by atoms with Crippen LogP contribution in [0.5, 0.6) is 0 Å². The summed E-state index contributed by atoms with van der Waals surface area (Å²) in [6, 6.07) is 14.8. The Morgan fingerprint density at radius 1 is 1.15 bits per heavy atom. The highest BCUT2D eigenvalue weighted by Gasteiger charge is 2.10. The average molecular weight is 362 g/mol. The van der Waals surface area contributed by atoms with Crippen LogP contribution >= 0.6 is 0 Å². The zero-order valence-corrected chi connectivity index (χ0v) is 14.5. The summed E-state index contributed by atoms with van der Waals surface area (Å²) >= 11 is 0. The summed E-state index contributed by atoms with van der Waals surface area (Å²) in [5.41, 5.74) is 2.61. The Morgan fingerprint density at radius 2 is 1.96 bits per heavy atom. The second-order valence-electron chi connectivity index (χ2n) is 5.81. The lowest BCUT2D eigenvalue weighted by molar-refractivity contribution is 0.0699. The molecule has 0 saturated heterocycles. The number of rotatable bonds is 5. The van der Waals surface area contributed by atoms with Gasteiger partial charge in [0.2, 0.25) is 0 Å². The molecule has 0 atom stereocenters. The first-order valence-electron chi connectivity index (χ1n) is 8.41. The maximum atomic E-state index is 11.6. The molecule has 3 N–H and O–H groups in total. The molecule has 6 heteroatoms. The molecule has 0 aliphatic heterocycles. The van der Waals surface area contributed by atoms with Crippen molar-refractivity contribution < 1.29 is 19.4 Å². The number of carbonyl (C=O) groups excluding carboxylic acids is 1. The van der Waals surface area contributed by atoms with E-state index in [0.717, 1.165) is 16.6 Å². The fourth-order valence-corrected chi connectivity index (χ4v) is 2.54. The van der Waals surface area contributed by atoms with Gasteiger partial charge in [0.25, 0.3) is 0 Å². The number of nitrogens with one attached hydrogen (secondary N) is 2. The Balaban J connectivity index is 1.47. The van der Waals surface area contributed by atoms with Crippen molar-refractivity contribution in [1.29, 1.82) is 0 Å². The number of H-pyrrole nitrogens is 1. The minimum absolute atomic E-state index is 0.219. The fraction of sp³-hybridized carbons (Fsp3) is 0.143. The number of aromatic carboxylic acids is 1. The molecule has 0 fully saturated rings. The molecule has 3 rings (SSSR count). The maximum absolute atomic E-state index is 11.6. The molecule has 0 bridgehead atoms. The lowest BCUT2D eigenvalue weighted by Crippen LogP contribution is -2.24. The fourth-order valence-electron chi connectivity index (χ4n) is 2.54. The van der Waals surface area contributed by atoms with Crippen LogP contribution in [0.1, 0.15) is 27.9 Å². The number of aromatic amines is 1. The Bertz CT molecular complexity index is 1010. The molecule has 0 aliphatic carbocycles. The highest BCUT2D eigenvalue weighted by Crippen LogP contribution is 2.19. The summed E-state index contributed by atoms with van der Waals surface area (Å²) in [7, 11) is 0. The predicted octanol–water partition coefficient (Wildman–Crippen LogP) is 3.53. The predicted molar refractivity (Wildman–Crippen MR) is 101 cm³/mol. The van der Waals surface area contributed by atoms with Crippen LogP contribution in [0.4, 0.5) is 4.79 Å². The summed E-state index contributed by atoms with van der Waals surface area (Å²) in [6.45, 7) is 0.592. The molecular formula is C21H18N2O4. The second-order valence-corrected chi connectivity index (χ2v) is 5.81. The summed E-state index contributed by atoms with van der Waals surface area (Å²) in [5, 5.41) is 12.4. The topological polar surface area (TPSA) is 91.4 Å². The molecule has 136 valence electrons. The molecule has 0 spiro atoms. The number of carbonyl (C=O) groups is 2. The third kappa shape index (κ3) is 4.89. The molecule has 27 heavy (non-hydrogen) atoms. The van der Waals surface area contributed by atoms with Crippen LogP contribution in [0, 0.1) is 11.8 Å². The van der Waals surface area contributed by atoms with Gasteiger partial charge in [-0.1, -0.05) is 42.2 Å². The van der Waals surface area contributed by atoms with Crippen molar-refractivity contribution in [2.45, 2.75) is 13.0 Å². The van der Waals surface area contributed by atoms with E-state index in [4.69, 9.17) is 9.84 Å². The van der Waals surface area contributed by atoms with E-state index in [-0.39, 0.29) is 12.2 Å². The second kappa shape index (κ2) is 8.59. The van der Waals surface area contributed by atoms with Crippen molar-refractivity contribution in [1.82, 2.24) is 10.3 Å². The van der Waals surface area contributed by atoms with Crippen molar-refractivity contribution in [2.24, 2.45) is 0 Å². The van der Waals surface area contributed by atoms with Gasteiger partial charge in [0.05, 0.1) is 5.56 Å². The number of fused-ring (bicyclic) bond motifs is 1. The zero-order chi connectivity index (χ0) is 19.1. The number of ether oxygens (including phenoxy) is 1. The lowest BCUT2D eigenvalue weighted by Gasteiger charge is -2.05. The summed E-state index contributed by atoms with van der Waals surface area (Å²) < 4.78 is 5.11. The third-order valence-corrected chi connectivity index (χ3v) is 3.88. The van der Waals surface area contributed by atoms with Crippen LogP contribution in [0.25, 0.3) is 10.9 Å². The van der Waals surface area contributed by atoms with Gasteiger partial charge in [-0.15, -0.1) is 0 Å². The number of alkyl carbamates (subject to hydrolysis) is 1. The van der Waals surface area contributed by atoms with Crippen LogP contribution in [0.2, 0.25) is 0 Å². The van der Waals surface area contributed by atoms with Crippen molar-refractivity contribution in [3.05, 3.63) is 71.4 Å². The number of hydrogen-bond acceptors (Lipinski definition) is 3. The van der Waals surface area contributed by atoms with Gasteiger partial charge in [0, 0.05) is 35.6 Å². The Kier molecular flexibility index (Phi) is 5.75. The van der Waals surface area contributed by atoms with E-state index in [1.165, 1.54) is 6.20 Å². The molecule has 0 aliphatic rings. The summed E-state index contributed by atoms with van der Waals surface area (Å²) in [4.78, 5) is 25.7. The largest absolute Gasteiger partial charge is 0.478 e. The van der Waals surface area contributed by atoms with Gasteiger partial charge in [0.15, 0.2) is 0 Å². The average Bonchev–Trinajstić information content (AvgIpc) is 3.10. The zero-order valence-electron chi connectivity index (χ0n) is 14.5. The number of carboxylic acids is 1. The summed E-state index contributed by atoms with van der Waals surface area (Å²) in [5.74, 6) is 4.95. The number of hydrogen-bond donors (Lipinski definition) is 3. The molecule has 0 radical (unpaired) electrons. The maximum Gasteiger partial charge on any atom is 0.407 e. The van der Waals surface area contributed by atoms with Crippen molar-refractivity contribution >= 4 is 23.0 Å². The molecule has 1 amide bonds. The quantitative estimate of drug-likeness (QED) is 0.478. The molecule has 2 aromatic carbocycles. The van der Waals surface area contributed by atoms with Crippen LogP contribution in [0.3, 0.4) is 0 Å². The number of carboxylic acid groups (broad SMARTS) is 1. The van der Waals surface area contributed by atoms with Crippen molar-refractivity contribution in [3.8, 4) is 11.8 Å². The van der Waals surface area contributed by atoms with E-state index in [0.29, 0.717) is 18.4 Å². The molecule has 6 nitrogen and oxygen atoms in total. The molecule has 1 aromatic heterocycles. The van der Waals surface area contributed by atoms with E-state index in [2.05, 4.69) is 22.1 Å². The van der Waals surface area contributed by atoms with E-state index in [1.807, 2.05) is 36.4 Å². The Labute approximate surface area is 156 Å². The van der Waals surface area contributed by atoms with Crippen molar-refractivity contribution in [3.63, 3.8) is 0 Å². The molecule has 1 heterocycles. The SMILES string of the molecule is O=C(NCCC#Cc1ccc2[nH]cc(C(=O)O)c2c1)OCc1ccccc1. The van der Waals surface area contributed by atoms with E-state index in [1.54, 1.807) is 12.1 Å². The van der Waals surface area contributed by atoms with Gasteiger partial charge in [0.1, 0.15) is 6.61 Å². The monoisotopic (exact) mass is 362 g/mol.